The van der Waals surface area contributed by atoms with Crippen molar-refractivity contribution in [3.05, 3.63) is 36.2 Å². The van der Waals surface area contributed by atoms with E-state index < -0.39 is 12.6 Å². The second-order valence-electron chi connectivity index (χ2n) is 10.8. The maximum atomic E-state index is 14.1. The van der Waals surface area contributed by atoms with Crippen molar-refractivity contribution >= 4 is 22.8 Å². The van der Waals surface area contributed by atoms with E-state index in [0.717, 1.165) is 25.7 Å². The minimum absolute atomic E-state index is 0.0857. The fourth-order valence-electron chi connectivity index (χ4n) is 5.90. The second kappa shape index (κ2) is 11.7. The number of hydrogen-bond acceptors (Lipinski definition) is 8. The van der Waals surface area contributed by atoms with Gasteiger partial charge in [-0.25, -0.2) is 18.2 Å². The van der Waals surface area contributed by atoms with Crippen LogP contribution >= 0.6 is 0 Å². The van der Waals surface area contributed by atoms with E-state index in [1.807, 2.05) is 4.90 Å². The van der Waals surface area contributed by atoms with Gasteiger partial charge in [-0.15, -0.1) is 0 Å². The number of nitrogens with zero attached hydrogens (tertiary/aromatic N) is 5. The number of ether oxygens (including phenoxy) is 2. The molecule has 2 aromatic heterocycles. The van der Waals surface area contributed by atoms with Crippen molar-refractivity contribution in [1.29, 1.82) is 0 Å². The number of anilines is 1. The highest BCUT2D eigenvalue weighted by molar-refractivity contribution is 5.84. The van der Waals surface area contributed by atoms with Gasteiger partial charge in [0.1, 0.15) is 23.9 Å². The number of Topliss-reactive ketones (excluding diaryl/α,β-unsaturated/α-hetero) is 1. The van der Waals surface area contributed by atoms with E-state index >= 15 is 0 Å². The van der Waals surface area contributed by atoms with E-state index in [-0.39, 0.29) is 48.5 Å². The largest absolute Gasteiger partial charge is 0.474 e. The highest BCUT2D eigenvalue weighted by Crippen LogP contribution is 2.33. The van der Waals surface area contributed by atoms with Crippen molar-refractivity contribution in [3.8, 4) is 11.7 Å². The summed E-state index contributed by atoms with van der Waals surface area (Å²) in [5, 5.41) is 2.98. The van der Waals surface area contributed by atoms with E-state index in [1.54, 1.807) is 30.3 Å². The molecule has 3 fully saturated rings. The van der Waals surface area contributed by atoms with Crippen LogP contribution in [-0.2, 0) is 9.53 Å². The number of imidazole rings is 1. The van der Waals surface area contributed by atoms with Gasteiger partial charge in [-0.1, -0.05) is 12.1 Å². The molecule has 12 heteroatoms. The lowest BCUT2D eigenvalue weighted by atomic mass is 9.83. The van der Waals surface area contributed by atoms with Crippen LogP contribution in [0.5, 0.6) is 5.88 Å². The van der Waals surface area contributed by atoms with Gasteiger partial charge in [-0.05, 0) is 43.7 Å². The molecule has 0 amide bonds. The van der Waals surface area contributed by atoms with E-state index in [2.05, 4.69) is 20.3 Å². The van der Waals surface area contributed by atoms with Crippen molar-refractivity contribution in [2.24, 2.45) is 5.92 Å². The molecule has 2 atom stereocenters. The number of hydrogen-bond donors (Lipinski definition) is 1. The van der Waals surface area contributed by atoms with Crippen LogP contribution in [0.1, 0.15) is 50.8 Å². The Morgan fingerprint density at radius 2 is 1.88 bits per heavy atom. The average molecular weight is 559 g/mol. The second-order valence-corrected chi connectivity index (χ2v) is 10.8. The number of fused-ring (bicyclic) bond motifs is 1. The summed E-state index contributed by atoms with van der Waals surface area (Å²) in [6, 6.07) is 8.19. The number of ketones is 1. The molecular formula is C28H33F3N6O3. The van der Waals surface area contributed by atoms with Crippen LogP contribution in [-0.4, -0.2) is 76.5 Å². The Kier molecular flexibility index (Phi) is 7.88. The molecule has 40 heavy (non-hydrogen) atoms. The summed E-state index contributed by atoms with van der Waals surface area (Å²) in [5.74, 6) is 0.910. The zero-order valence-electron chi connectivity index (χ0n) is 22.1. The first-order valence-electron chi connectivity index (χ1n) is 14.0. The van der Waals surface area contributed by atoms with Crippen molar-refractivity contribution < 1.29 is 27.4 Å². The molecule has 1 aromatic carbocycles. The first-order chi connectivity index (χ1) is 19.4. The van der Waals surface area contributed by atoms with Gasteiger partial charge in [-0.2, -0.15) is 9.97 Å². The van der Waals surface area contributed by atoms with Crippen molar-refractivity contribution in [2.45, 2.75) is 63.3 Å². The summed E-state index contributed by atoms with van der Waals surface area (Å²) in [7, 11) is 0. The van der Waals surface area contributed by atoms with Gasteiger partial charge in [0.05, 0.1) is 30.3 Å². The molecule has 3 aliphatic rings. The number of halogens is 3. The molecule has 214 valence electrons. The van der Waals surface area contributed by atoms with Crippen LogP contribution in [0, 0.1) is 5.92 Å². The lowest BCUT2D eigenvalue weighted by Gasteiger charge is -2.30. The number of aromatic nitrogens is 4. The number of benzene rings is 1. The molecule has 0 unspecified atom stereocenters. The number of rotatable bonds is 8. The maximum absolute atomic E-state index is 14.1. The molecule has 0 spiro atoms. The summed E-state index contributed by atoms with van der Waals surface area (Å²) < 4.78 is 54.8. The summed E-state index contributed by atoms with van der Waals surface area (Å²) in [5.41, 5.74) is 0.978. The molecule has 4 heterocycles. The van der Waals surface area contributed by atoms with Crippen molar-refractivity contribution in [1.82, 2.24) is 24.8 Å². The summed E-state index contributed by atoms with van der Waals surface area (Å²) in [6.07, 6.45) is -0.0500. The highest BCUT2D eigenvalue weighted by Gasteiger charge is 2.32. The minimum atomic E-state index is -2.80. The SMILES string of the molecule is O=C(CC1CCC(Oc2cc(-n3c(C(F)F)nc4ccccc43)nc(N3CCOCC3)n2)CC1)[C@@H]1C[C@@H](F)CN1. The maximum Gasteiger partial charge on any atom is 0.296 e. The Bertz CT molecular complexity index is 1340. The lowest BCUT2D eigenvalue weighted by molar-refractivity contribution is -0.122. The number of alkyl halides is 3. The smallest absolute Gasteiger partial charge is 0.296 e. The summed E-state index contributed by atoms with van der Waals surface area (Å²) in [4.78, 5) is 28.0. The predicted molar refractivity (Wildman–Crippen MR) is 142 cm³/mol. The lowest BCUT2D eigenvalue weighted by Crippen LogP contribution is -2.37. The molecule has 3 aromatic rings. The normalized spacial score (nSPS) is 25.6. The fraction of sp³-hybridized carbons (Fsp3) is 0.571. The van der Waals surface area contributed by atoms with Gasteiger partial charge < -0.3 is 19.7 Å². The standard InChI is InChI=1S/C28H33F3N6O3/c29-18-14-21(32-16-18)23(38)13-17-5-7-19(8-6-17)40-25-15-24(34-28(35-25)36-9-11-39-12-10-36)37-22-4-2-1-3-20(22)33-27(37)26(30)31/h1-4,15,17-19,21,26,32H,5-14,16H2/t17?,18-,19?,21+/m1/s1. The monoisotopic (exact) mass is 558 g/mol. The minimum Gasteiger partial charge on any atom is -0.474 e. The van der Waals surface area contributed by atoms with Gasteiger partial charge in [0.2, 0.25) is 11.8 Å². The quantitative estimate of drug-likeness (QED) is 0.440. The first-order valence-corrected chi connectivity index (χ1v) is 14.0. The first kappa shape index (κ1) is 26.9. The summed E-state index contributed by atoms with van der Waals surface area (Å²) in [6.45, 7) is 2.44. The van der Waals surface area contributed by atoms with Gasteiger partial charge in [0, 0.05) is 38.5 Å². The Morgan fingerprint density at radius 1 is 1.10 bits per heavy atom. The van der Waals surface area contributed by atoms with Crippen LogP contribution in [0.3, 0.4) is 0 Å². The number of nitrogens with one attached hydrogen (secondary N) is 1. The third kappa shape index (κ3) is 5.78. The van der Waals surface area contributed by atoms with E-state index in [1.165, 1.54) is 4.57 Å². The molecule has 6 rings (SSSR count). The topological polar surface area (TPSA) is 94.4 Å². The summed E-state index contributed by atoms with van der Waals surface area (Å²) >= 11 is 0. The fourth-order valence-corrected chi connectivity index (χ4v) is 5.90. The Labute approximate surface area is 230 Å². The van der Waals surface area contributed by atoms with Crippen molar-refractivity contribution in [2.75, 3.05) is 37.7 Å². The zero-order chi connectivity index (χ0) is 27.6. The van der Waals surface area contributed by atoms with Crippen LogP contribution < -0.4 is 15.0 Å². The van der Waals surface area contributed by atoms with Gasteiger partial charge in [0.15, 0.2) is 5.82 Å². The molecule has 1 saturated carbocycles. The van der Waals surface area contributed by atoms with Gasteiger partial charge in [-0.3, -0.25) is 9.36 Å². The van der Waals surface area contributed by atoms with Gasteiger partial charge in [0.25, 0.3) is 6.43 Å². The third-order valence-electron chi connectivity index (χ3n) is 8.02. The Balaban J connectivity index is 1.22. The van der Waals surface area contributed by atoms with Crippen LogP contribution in [0.15, 0.2) is 30.3 Å². The molecule has 2 aliphatic heterocycles. The van der Waals surface area contributed by atoms with Crippen LogP contribution in [0.4, 0.5) is 19.1 Å². The van der Waals surface area contributed by atoms with Crippen LogP contribution in [0.25, 0.3) is 16.9 Å². The average Bonchev–Trinajstić information content (AvgIpc) is 3.58. The number of carbonyl (C=O) groups excluding carboxylic acids is 1. The molecule has 0 bridgehead atoms. The predicted octanol–water partition coefficient (Wildman–Crippen LogP) is 4.19. The molecule has 1 N–H and O–H groups in total. The highest BCUT2D eigenvalue weighted by atomic mass is 19.3. The number of morpholine rings is 1. The Morgan fingerprint density at radius 3 is 2.60 bits per heavy atom. The third-order valence-corrected chi connectivity index (χ3v) is 8.02. The van der Waals surface area contributed by atoms with Gasteiger partial charge >= 0.3 is 0 Å². The molecular weight excluding hydrogens is 525 g/mol. The van der Waals surface area contributed by atoms with E-state index in [0.29, 0.717) is 55.6 Å². The van der Waals surface area contributed by atoms with E-state index in [4.69, 9.17) is 9.47 Å². The van der Waals surface area contributed by atoms with Crippen LogP contribution in [0.2, 0.25) is 0 Å². The zero-order valence-corrected chi connectivity index (χ0v) is 22.1. The Hall–Kier alpha value is -3.25. The number of para-hydroxylation sites is 2. The molecule has 1 aliphatic carbocycles. The molecule has 9 nitrogen and oxygen atoms in total. The van der Waals surface area contributed by atoms with E-state index in [9.17, 15) is 18.0 Å². The molecule has 2 saturated heterocycles. The van der Waals surface area contributed by atoms with Crippen molar-refractivity contribution in [3.63, 3.8) is 0 Å². The number of carbonyl (C=O) groups is 1. The molecule has 0 radical (unpaired) electrons.